The van der Waals surface area contributed by atoms with E-state index in [9.17, 15) is 8.42 Å². The molecule has 0 radical (unpaired) electrons. The van der Waals surface area contributed by atoms with Gasteiger partial charge in [0.1, 0.15) is 10.7 Å². The monoisotopic (exact) mass is 408 g/mol. The molecule has 8 nitrogen and oxygen atoms in total. The first kappa shape index (κ1) is 18.9. The number of fused-ring (bicyclic) bond motifs is 1. The summed E-state index contributed by atoms with van der Waals surface area (Å²) in [4.78, 5) is 10.7. The van der Waals surface area contributed by atoms with E-state index in [0.29, 0.717) is 16.9 Å². The largest absolute Gasteiger partial charge is 0.363 e. The summed E-state index contributed by atoms with van der Waals surface area (Å²) in [5.74, 6) is 0.835. The Bertz CT molecular complexity index is 1260. The van der Waals surface area contributed by atoms with Gasteiger partial charge in [0.25, 0.3) is 10.0 Å². The number of nitrogens with zero attached hydrogens (tertiary/aromatic N) is 5. The van der Waals surface area contributed by atoms with Crippen molar-refractivity contribution in [3.63, 3.8) is 0 Å². The number of hydrogen-bond donors (Lipinski definition) is 1. The maximum Gasteiger partial charge on any atom is 0.263 e. The van der Waals surface area contributed by atoms with E-state index in [0.717, 1.165) is 16.8 Å². The summed E-state index contributed by atoms with van der Waals surface area (Å²) in [6.07, 6.45) is 4.76. The van der Waals surface area contributed by atoms with Gasteiger partial charge in [-0.05, 0) is 30.3 Å². The van der Waals surface area contributed by atoms with E-state index in [1.54, 1.807) is 42.3 Å². The van der Waals surface area contributed by atoms with Gasteiger partial charge in [0.05, 0.1) is 23.1 Å². The quantitative estimate of drug-likeness (QED) is 0.546. The van der Waals surface area contributed by atoms with Crippen molar-refractivity contribution in [2.45, 2.75) is 4.90 Å². The van der Waals surface area contributed by atoms with E-state index < -0.39 is 10.0 Å². The molecular weight excluding hydrogens is 388 g/mol. The van der Waals surface area contributed by atoms with Crippen LogP contribution in [0.2, 0.25) is 0 Å². The minimum absolute atomic E-state index is 0.0818. The molecule has 29 heavy (non-hydrogen) atoms. The minimum Gasteiger partial charge on any atom is -0.363 e. The SMILES string of the molecule is CN(C)c1ccc(-c2ccc(S(=O)(=O)Nc3cccc4cnn(C)c34)cn2)cn1. The Hall–Kier alpha value is -3.46. The molecule has 1 aromatic carbocycles. The summed E-state index contributed by atoms with van der Waals surface area (Å²) < 4.78 is 30.0. The van der Waals surface area contributed by atoms with E-state index in [1.807, 2.05) is 37.2 Å². The van der Waals surface area contributed by atoms with Gasteiger partial charge in [-0.3, -0.25) is 14.4 Å². The van der Waals surface area contributed by atoms with Crippen LogP contribution < -0.4 is 9.62 Å². The van der Waals surface area contributed by atoms with E-state index in [-0.39, 0.29) is 4.90 Å². The van der Waals surface area contributed by atoms with Crippen LogP contribution in [0.15, 0.2) is 66.0 Å². The standard InChI is InChI=1S/C20H20N6O2S/c1-25(2)19-10-7-14(11-22-19)17-9-8-16(13-21-17)29(27,28)24-18-6-4-5-15-12-23-26(3)20(15)18/h4-13,24H,1-3H3. The summed E-state index contributed by atoms with van der Waals surface area (Å²) in [5, 5.41) is 5.04. The van der Waals surface area contributed by atoms with Crippen LogP contribution in [0.3, 0.4) is 0 Å². The van der Waals surface area contributed by atoms with Crippen LogP contribution in [0, 0.1) is 0 Å². The van der Waals surface area contributed by atoms with Gasteiger partial charge in [-0.1, -0.05) is 12.1 Å². The molecule has 1 N–H and O–H groups in total. The summed E-state index contributed by atoms with van der Waals surface area (Å²) in [6.45, 7) is 0. The summed E-state index contributed by atoms with van der Waals surface area (Å²) in [6, 6.07) is 12.4. The maximum absolute atomic E-state index is 12.8. The van der Waals surface area contributed by atoms with Gasteiger partial charge in [0.2, 0.25) is 0 Å². The molecule has 0 saturated carbocycles. The van der Waals surface area contributed by atoms with Crippen molar-refractivity contribution in [2.75, 3.05) is 23.7 Å². The third-order valence-electron chi connectivity index (χ3n) is 4.55. The summed E-state index contributed by atoms with van der Waals surface area (Å²) in [5.41, 5.74) is 2.64. The Labute approximate surface area is 168 Å². The van der Waals surface area contributed by atoms with Gasteiger partial charge in [-0.25, -0.2) is 13.4 Å². The highest BCUT2D eigenvalue weighted by Gasteiger charge is 2.17. The second-order valence-electron chi connectivity index (χ2n) is 6.80. The Morgan fingerprint density at radius 3 is 2.45 bits per heavy atom. The predicted molar refractivity (Wildman–Crippen MR) is 113 cm³/mol. The first-order valence-electron chi connectivity index (χ1n) is 8.88. The second kappa shape index (κ2) is 7.17. The number of nitrogens with one attached hydrogen (secondary N) is 1. The number of aryl methyl sites for hydroxylation is 1. The van der Waals surface area contributed by atoms with Gasteiger partial charge in [-0.2, -0.15) is 5.10 Å². The van der Waals surface area contributed by atoms with Crippen molar-refractivity contribution >= 4 is 32.4 Å². The van der Waals surface area contributed by atoms with Crippen LogP contribution in [-0.4, -0.2) is 42.3 Å². The molecule has 0 aliphatic rings. The van der Waals surface area contributed by atoms with Crippen molar-refractivity contribution in [3.8, 4) is 11.3 Å². The van der Waals surface area contributed by atoms with Crippen LogP contribution in [0.1, 0.15) is 0 Å². The van der Waals surface area contributed by atoms with Crippen molar-refractivity contribution < 1.29 is 8.42 Å². The first-order valence-corrected chi connectivity index (χ1v) is 10.4. The van der Waals surface area contributed by atoms with Crippen LogP contribution in [0.4, 0.5) is 11.5 Å². The molecule has 0 atom stereocenters. The molecule has 0 bridgehead atoms. The fraction of sp³-hybridized carbons (Fsp3) is 0.150. The van der Waals surface area contributed by atoms with E-state index >= 15 is 0 Å². The van der Waals surface area contributed by atoms with Crippen LogP contribution >= 0.6 is 0 Å². The smallest absolute Gasteiger partial charge is 0.263 e. The molecule has 0 aliphatic carbocycles. The number of anilines is 2. The van der Waals surface area contributed by atoms with Gasteiger partial charge in [-0.15, -0.1) is 0 Å². The molecule has 0 amide bonds. The van der Waals surface area contributed by atoms with Gasteiger partial charge >= 0.3 is 0 Å². The molecule has 3 heterocycles. The molecule has 0 fully saturated rings. The minimum atomic E-state index is -3.79. The van der Waals surface area contributed by atoms with Gasteiger partial charge in [0, 0.05) is 44.5 Å². The van der Waals surface area contributed by atoms with Crippen LogP contribution in [0.5, 0.6) is 0 Å². The molecule has 148 valence electrons. The van der Waals surface area contributed by atoms with Crippen LogP contribution in [0.25, 0.3) is 22.2 Å². The Morgan fingerprint density at radius 1 is 0.966 bits per heavy atom. The Morgan fingerprint density at radius 2 is 1.79 bits per heavy atom. The molecule has 9 heteroatoms. The normalized spacial score (nSPS) is 11.6. The number of pyridine rings is 2. The molecule has 3 aromatic heterocycles. The second-order valence-corrected chi connectivity index (χ2v) is 8.48. The third-order valence-corrected chi connectivity index (χ3v) is 5.90. The molecule has 4 rings (SSSR count). The summed E-state index contributed by atoms with van der Waals surface area (Å²) in [7, 11) is 1.81. The molecular formula is C20H20N6O2S. The number of sulfonamides is 1. The average Bonchev–Trinajstić information content (AvgIpc) is 3.10. The van der Waals surface area contributed by atoms with Crippen molar-refractivity contribution in [3.05, 3.63) is 61.1 Å². The highest BCUT2D eigenvalue weighted by atomic mass is 32.2. The zero-order chi connectivity index (χ0) is 20.6. The Balaban J connectivity index is 1.61. The molecule has 0 aliphatic heterocycles. The fourth-order valence-electron chi connectivity index (χ4n) is 3.03. The lowest BCUT2D eigenvalue weighted by Gasteiger charge is -2.12. The topological polar surface area (TPSA) is 93.0 Å². The van der Waals surface area contributed by atoms with E-state index in [1.165, 1.54) is 12.3 Å². The zero-order valence-electron chi connectivity index (χ0n) is 16.2. The number of aromatic nitrogens is 4. The lowest BCUT2D eigenvalue weighted by atomic mass is 10.2. The predicted octanol–water partition coefficient (Wildman–Crippen LogP) is 2.90. The lowest BCUT2D eigenvalue weighted by Crippen LogP contribution is -2.14. The number of para-hydroxylation sites is 1. The lowest BCUT2D eigenvalue weighted by molar-refractivity contribution is 0.601. The highest BCUT2D eigenvalue weighted by Crippen LogP contribution is 2.26. The third kappa shape index (κ3) is 3.64. The van der Waals surface area contributed by atoms with Crippen molar-refractivity contribution in [1.82, 2.24) is 19.7 Å². The van der Waals surface area contributed by atoms with E-state index in [2.05, 4.69) is 19.8 Å². The van der Waals surface area contributed by atoms with Crippen molar-refractivity contribution in [1.29, 1.82) is 0 Å². The first-order chi connectivity index (χ1) is 13.8. The maximum atomic E-state index is 12.8. The van der Waals surface area contributed by atoms with Gasteiger partial charge < -0.3 is 4.90 Å². The zero-order valence-corrected chi connectivity index (χ0v) is 17.1. The van der Waals surface area contributed by atoms with E-state index in [4.69, 9.17) is 0 Å². The highest BCUT2D eigenvalue weighted by molar-refractivity contribution is 7.92. The summed E-state index contributed by atoms with van der Waals surface area (Å²) >= 11 is 0. The molecule has 0 spiro atoms. The molecule has 0 unspecified atom stereocenters. The average molecular weight is 408 g/mol. The number of rotatable bonds is 5. The number of hydrogen-bond acceptors (Lipinski definition) is 6. The van der Waals surface area contributed by atoms with Gasteiger partial charge in [0.15, 0.2) is 0 Å². The molecule has 0 saturated heterocycles. The number of benzene rings is 1. The Kier molecular flexibility index (Phi) is 4.67. The molecule has 4 aromatic rings. The fourth-order valence-corrected chi connectivity index (χ4v) is 4.04. The van der Waals surface area contributed by atoms with Crippen LogP contribution in [-0.2, 0) is 17.1 Å². The van der Waals surface area contributed by atoms with Crippen molar-refractivity contribution in [2.24, 2.45) is 7.05 Å².